The SMILES string of the molecule is COc1cc(C=Nn2c(-c3cc4cc(Br)ccc4o3)nc3ccccc3c2=O)c(Br)c(Br)c1O. The fourth-order valence-corrected chi connectivity index (χ4v) is 4.70. The molecule has 0 saturated carbocycles. The fourth-order valence-electron chi connectivity index (χ4n) is 3.50. The Morgan fingerprint density at radius 1 is 1.09 bits per heavy atom. The first-order valence-corrected chi connectivity index (χ1v) is 12.3. The van der Waals surface area contributed by atoms with Gasteiger partial charge in [-0.1, -0.05) is 28.1 Å². The lowest BCUT2D eigenvalue weighted by atomic mass is 10.2. The van der Waals surface area contributed by atoms with Gasteiger partial charge in [0.1, 0.15) is 5.58 Å². The molecule has 3 aromatic carbocycles. The second-order valence-electron chi connectivity index (χ2n) is 7.25. The summed E-state index contributed by atoms with van der Waals surface area (Å²) in [5, 5.41) is 15.9. The molecule has 170 valence electrons. The molecule has 0 amide bonds. The van der Waals surface area contributed by atoms with Crippen LogP contribution in [0.1, 0.15) is 5.56 Å². The second kappa shape index (κ2) is 9.01. The van der Waals surface area contributed by atoms with Gasteiger partial charge in [-0.3, -0.25) is 4.79 Å². The standard InChI is InChI=1S/C24H14Br3N3O4/c1-33-18-10-13(20(26)21(27)22(18)31)11-28-30-23(29-16-5-3-2-4-15(16)24(30)32)19-9-12-8-14(25)6-7-17(12)34-19/h2-11,31H,1H3. The summed E-state index contributed by atoms with van der Waals surface area (Å²) >= 11 is 10.2. The van der Waals surface area contributed by atoms with E-state index in [1.807, 2.05) is 30.3 Å². The molecule has 0 aliphatic carbocycles. The highest BCUT2D eigenvalue weighted by atomic mass is 79.9. The molecule has 1 N–H and O–H groups in total. The first-order chi connectivity index (χ1) is 16.4. The van der Waals surface area contributed by atoms with E-state index in [1.54, 1.807) is 24.3 Å². The number of hydrogen-bond acceptors (Lipinski definition) is 6. The molecule has 34 heavy (non-hydrogen) atoms. The topological polar surface area (TPSA) is 89.9 Å². The minimum Gasteiger partial charge on any atom is -0.503 e. The Morgan fingerprint density at radius 3 is 2.68 bits per heavy atom. The minimum absolute atomic E-state index is 0.0508. The van der Waals surface area contributed by atoms with Crippen molar-refractivity contribution < 1.29 is 14.3 Å². The number of halogens is 3. The van der Waals surface area contributed by atoms with E-state index in [1.165, 1.54) is 18.0 Å². The van der Waals surface area contributed by atoms with Crippen LogP contribution in [0.2, 0.25) is 0 Å². The maximum atomic E-state index is 13.4. The number of ether oxygens (including phenoxy) is 1. The molecule has 5 rings (SSSR count). The molecule has 2 heterocycles. The number of rotatable bonds is 4. The van der Waals surface area contributed by atoms with Gasteiger partial charge in [0, 0.05) is 19.9 Å². The molecule has 2 aromatic heterocycles. The van der Waals surface area contributed by atoms with Crippen molar-refractivity contribution >= 4 is 75.9 Å². The van der Waals surface area contributed by atoms with Crippen LogP contribution in [0.4, 0.5) is 0 Å². The first kappa shape index (κ1) is 22.8. The Kier molecular flexibility index (Phi) is 6.05. The molecular weight excluding hydrogens is 634 g/mol. The summed E-state index contributed by atoms with van der Waals surface area (Å²) in [5.41, 5.74) is 1.41. The van der Waals surface area contributed by atoms with Crippen LogP contribution in [-0.4, -0.2) is 28.1 Å². The van der Waals surface area contributed by atoms with E-state index in [0.717, 1.165) is 9.86 Å². The fraction of sp³-hybridized carbons (Fsp3) is 0.0417. The third-order valence-electron chi connectivity index (χ3n) is 5.16. The van der Waals surface area contributed by atoms with E-state index >= 15 is 0 Å². The van der Waals surface area contributed by atoms with Crippen LogP contribution >= 0.6 is 47.8 Å². The van der Waals surface area contributed by atoms with Crippen molar-refractivity contribution in [3.8, 4) is 23.1 Å². The van der Waals surface area contributed by atoms with Crippen LogP contribution in [0.5, 0.6) is 11.5 Å². The predicted molar refractivity (Wildman–Crippen MR) is 142 cm³/mol. The number of nitrogens with zero attached hydrogens (tertiary/aromatic N) is 3. The van der Waals surface area contributed by atoms with Gasteiger partial charge in [0.15, 0.2) is 17.3 Å². The lowest BCUT2D eigenvalue weighted by Gasteiger charge is -2.10. The molecule has 0 fully saturated rings. The van der Waals surface area contributed by atoms with E-state index in [-0.39, 0.29) is 22.9 Å². The number of benzene rings is 3. The van der Waals surface area contributed by atoms with Gasteiger partial charge in [0.2, 0.25) is 5.82 Å². The van der Waals surface area contributed by atoms with Crippen molar-refractivity contribution in [3.63, 3.8) is 0 Å². The zero-order chi connectivity index (χ0) is 24.0. The Bertz CT molecular complexity index is 1670. The summed E-state index contributed by atoms with van der Waals surface area (Å²) in [7, 11) is 1.45. The average Bonchev–Trinajstić information content (AvgIpc) is 3.26. The maximum absolute atomic E-state index is 13.4. The molecule has 0 atom stereocenters. The largest absolute Gasteiger partial charge is 0.503 e. The van der Waals surface area contributed by atoms with Crippen LogP contribution in [0.25, 0.3) is 33.5 Å². The van der Waals surface area contributed by atoms with E-state index < -0.39 is 0 Å². The van der Waals surface area contributed by atoms with Crippen LogP contribution in [-0.2, 0) is 0 Å². The summed E-state index contributed by atoms with van der Waals surface area (Å²) in [4.78, 5) is 18.1. The Morgan fingerprint density at radius 2 is 1.88 bits per heavy atom. The number of aromatic hydroxyl groups is 1. The van der Waals surface area contributed by atoms with Gasteiger partial charge in [0.25, 0.3) is 5.56 Å². The normalized spacial score (nSPS) is 11.6. The van der Waals surface area contributed by atoms with Crippen molar-refractivity contribution in [2.45, 2.75) is 0 Å². The zero-order valence-electron chi connectivity index (χ0n) is 17.4. The quantitative estimate of drug-likeness (QED) is 0.220. The highest BCUT2D eigenvalue weighted by Crippen LogP contribution is 2.41. The van der Waals surface area contributed by atoms with Gasteiger partial charge >= 0.3 is 0 Å². The number of phenols is 1. The molecule has 0 aliphatic heterocycles. The van der Waals surface area contributed by atoms with Gasteiger partial charge < -0.3 is 14.3 Å². The first-order valence-electron chi connectivity index (χ1n) is 9.88. The molecule has 0 spiro atoms. The van der Waals surface area contributed by atoms with E-state index in [9.17, 15) is 9.90 Å². The smallest absolute Gasteiger partial charge is 0.282 e. The number of furan rings is 1. The minimum atomic E-state index is -0.348. The molecule has 0 radical (unpaired) electrons. The molecule has 5 aromatic rings. The highest BCUT2D eigenvalue weighted by molar-refractivity contribution is 9.13. The summed E-state index contributed by atoms with van der Waals surface area (Å²) in [6.45, 7) is 0. The van der Waals surface area contributed by atoms with Gasteiger partial charge in [0.05, 0.1) is 28.7 Å². The van der Waals surface area contributed by atoms with Crippen LogP contribution in [0.15, 0.2) is 82.3 Å². The van der Waals surface area contributed by atoms with Gasteiger partial charge in [-0.25, -0.2) is 4.98 Å². The zero-order valence-corrected chi connectivity index (χ0v) is 22.2. The summed E-state index contributed by atoms with van der Waals surface area (Å²) in [6, 6.07) is 16.1. The van der Waals surface area contributed by atoms with Gasteiger partial charge in [-0.05, 0) is 74.3 Å². The van der Waals surface area contributed by atoms with Gasteiger partial charge in [-0.15, -0.1) is 0 Å². The van der Waals surface area contributed by atoms with Gasteiger partial charge in [-0.2, -0.15) is 9.78 Å². The van der Waals surface area contributed by atoms with Crippen molar-refractivity contribution in [2.75, 3.05) is 7.11 Å². The van der Waals surface area contributed by atoms with Crippen LogP contribution in [0.3, 0.4) is 0 Å². The van der Waals surface area contributed by atoms with E-state index in [2.05, 4.69) is 57.9 Å². The second-order valence-corrected chi connectivity index (χ2v) is 9.75. The van der Waals surface area contributed by atoms with Crippen LogP contribution in [0, 0.1) is 0 Å². The lowest BCUT2D eigenvalue weighted by molar-refractivity contribution is 0.371. The number of para-hydroxylation sites is 1. The van der Waals surface area contributed by atoms with Crippen LogP contribution < -0.4 is 10.3 Å². The van der Waals surface area contributed by atoms with Crippen molar-refractivity contribution in [3.05, 3.63) is 83.9 Å². The molecule has 0 unspecified atom stereocenters. The summed E-state index contributed by atoms with van der Waals surface area (Å²) in [6.07, 6.45) is 1.48. The monoisotopic (exact) mass is 645 g/mol. The molecule has 10 heteroatoms. The van der Waals surface area contributed by atoms with Crippen molar-refractivity contribution in [1.29, 1.82) is 0 Å². The lowest BCUT2D eigenvalue weighted by Crippen LogP contribution is -2.20. The third kappa shape index (κ3) is 3.95. The van der Waals surface area contributed by atoms with Crippen molar-refractivity contribution in [1.82, 2.24) is 9.66 Å². The maximum Gasteiger partial charge on any atom is 0.282 e. The number of fused-ring (bicyclic) bond motifs is 2. The number of phenolic OH excluding ortho intramolecular Hbond substituents is 1. The average molecular weight is 648 g/mol. The number of hydrogen-bond donors (Lipinski definition) is 1. The van der Waals surface area contributed by atoms with E-state index in [4.69, 9.17) is 9.15 Å². The molecule has 7 nitrogen and oxygen atoms in total. The molecule has 0 saturated heterocycles. The predicted octanol–water partition coefficient (Wildman–Crippen LogP) is 6.69. The Labute approximate surface area is 218 Å². The number of aromatic nitrogens is 2. The number of methoxy groups -OCH3 is 1. The molecular formula is C24H14Br3N3O4. The Balaban J connectivity index is 1.74. The molecule has 0 bridgehead atoms. The highest BCUT2D eigenvalue weighted by Gasteiger charge is 2.18. The Hall–Kier alpha value is -2.95. The third-order valence-corrected chi connectivity index (χ3v) is 7.81. The van der Waals surface area contributed by atoms with Crippen molar-refractivity contribution in [2.24, 2.45) is 5.10 Å². The summed E-state index contributed by atoms with van der Waals surface area (Å²) < 4.78 is 14.3. The van der Waals surface area contributed by atoms with E-state index in [0.29, 0.717) is 36.8 Å². The molecule has 0 aliphatic rings. The summed E-state index contributed by atoms with van der Waals surface area (Å²) in [5.74, 6) is 0.860.